The molecule has 1 heterocycles. The maximum atomic E-state index is 5.21. The van der Waals surface area contributed by atoms with Gasteiger partial charge in [0.25, 0.3) is 0 Å². The largest absolute Gasteiger partial charge is 0.292 e. The molecular weight excluding hydrogens is 250 g/mol. The average Bonchev–Trinajstić information content (AvgIpc) is 2.49. The lowest BCUT2D eigenvalue weighted by Crippen LogP contribution is -2.36. The second-order valence-electron chi connectivity index (χ2n) is 2.90. The van der Waals surface area contributed by atoms with Gasteiger partial charge in [-0.05, 0) is 41.5 Å². The van der Waals surface area contributed by atoms with Crippen molar-refractivity contribution in [2.75, 3.05) is 20.3 Å². The molecule has 0 saturated heterocycles. The summed E-state index contributed by atoms with van der Waals surface area (Å²) in [4.78, 5) is 3.55. The second kappa shape index (κ2) is 5.72. The van der Waals surface area contributed by atoms with Gasteiger partial charge < -0.3 is 0 Å². The molecule has 1 aromatic heterocycles. The van der Waals surface area contributed by atoms with Crippen LogP contribution < -0.4 is 11.3 Å². The summed E-state index contributed by atoms with van der Waals surface area (Å²) in [6.07, 6.45) is 1.08. The zero-order chi connectivity index (χ0) is 9.68. The minimum absolute atomic E-state index is 0.729. The lowest BCUT2D eigenvalue weighted by Gasteiger charge is -2.14. The molecule has 3 nitrogen and oxygen atoms in total. The van der Waals surface area contributed by atoms with Gasteiger partial charge in [-0.15, -0.1) is 11.3 Å². The predicted octanol–water partition coefficient (Wildman–Crippen LogP) is 1.41. The molecule has 0 radical (unpaired) electrons. The molecule has 13 heavy (non-hydrogen) atoms. The van der Waals surface area contributed by atoms with E-state index >= 15 is 0 Å². The van der Waals surface area contributed by atoms with Gasteiger partial charge in [-0.25, -0.2) is 5.43 Å². The fraction of sp³-hybridized carbons (Fsp3) is 0.500. The van der Waals surface area contributed by atoms with Crippen molar-refractivity contribution in [2.45, 2.75) is 6.42 Å². The molecule has 0 bridgehead atoms. The van der Waals surface area contributed by atoms with Gasteiger partial charge >= 0.3 is 0 Å². The Morgan fingerprint density at radius 1 is 1.62 bits per heavy atom. The molecule has 0 aliphatic carbocycles. The number of hydrogen-bond acceptors (Lipinski definition) is 4. The van der Waals surface area contributed by atoms with E-state index in [4.69, 9.17) is 5.84 Å². The van der Waals surface area contributed by atoms with Gasteiger partial charge in [0, 0.05) is 11.4 Å². The number of halogens is 1. The number of hydrazine groups is 1. The molecule has 0 atom stereocenters. The number of thiophene rings is 1. The Labute approximate surface area is 91.0 Å². The maximum Gasteiger partial charge on any atom is 0.0701 e. The van der Waals surface area contributed by atoms with Crippen LogP contribution in [0.1, 0.15) is 4.88 Å². The maximum absolute atomic E-state index is 5.21. The Balaban J connectivity index is 2.26. The van der Waals surface area contributed by atoms with Crippen molar-refractivity contribution in [1.82, 2.24) is 10.3 Å². The van der Waals surface area contributed by atoms with Gasteiger partial charge in [0.15, 0.2) is 0 Å². The molecule has 3 N–H and O–H groups in total. The molecule has 0 fully saturated rings. The highest BCUT2D eigenvalue weighted by Gasteiger charge is 2.00. The Morgan fingerprint density at radius 3 is 2.92 bits per heavy atom. The van der Waals surface area contributed by atoms with Gasteiger partial charge in [-0.1, -0.05) is 0 Å². The number of nitrogens with one attached hydrogen (secondary N) is 1. The molecular formula is C8H14BrN3S. The van der Waals surface area contributed by atoms with Crippen molar-refractivity contribution in [2.24, 2.45) is 5.84 Å². The highest BCUT2D eigenvalue weighted by molar-refractivity contribution is 9.11. The lowest BCUT2D eigenvalue weighted by atomic mass is 10.3. The monoisotopic (exact) mass is 263 g/mol. The van der Waals surface area contributed by atoms with Crippen LogP contribution in [0.25, 0.3) is 0 Å². The van der Waals surface area contributed by atoms with Crippen LogP contribution in [0.15, 0.2) is 15.9 Å². The highest BCUT2D eigenvalue weighted by atomic mass is 79.9. The first kappa shape index (κ1) is 11.1. The summed E-state index contributed by atoms with van der Waals surface area (Å²) in [6.45, 7) is 1.75. The summed E-state index contributed by atoms with van der Waals surface area (Å²) in [5.74, 6) is 5.21. The number of rotatable bonds is 5. The molecule has 0 unspecified atom stereocenters. The van der Waals surface area contributed by atoms with Crippen molar-refractivity contribution in [1.29, 1.82) is 0 Å². The molecule has 0 aliphatic heterocycles. The van der Waals surface area contributed by atoms with Crippen molar-refractivity contribution < 1.29 is 0 Å². The molecule has 0 saturated carbocycles. The standard InChI is InChI=1S/C8H14BrN3S/c1-12(6-11-10)5-4-7-2-3-8(9)13-7/h2-3,11H,4-6,10H2,1H3. The van der Waals surface area contributed by atoms with Crippen LogP contribution in [-0.2, 0) is 6.42 Å². The summed E-state index contributed by atoms with van der Waals surface area (Å²) in [7, 11) is 2.04. The van der Waals surface area contributed by atoms with E-state index in [2.05, 4.69) is 38.4 Å². The summed E-state index contributed by atoms with van der Waals surface area (Å²) in [6, 6.07) is 4.24. The molecule has 0 aliphatic rings. The van der Waals surface area contributed by atoms with E-state index in [0.29, 0.717) is 0 Å². The van der Waals surface area contributed by atoms with E-state index in [1.807, 2.05) is 7.05 Å². The van der Waals surface area contributed by atoms with E-state index in [0.717, 1.165) is 19.6 Å². The third kappa shape index (κ3) is 4.19. The van der Waals surface area contributed by atoms with Gasteiger partial charge in [0.05, 0.1) is 10.5 Å². The van der Waals surface area contributed by atoms with Crippen molar-refractivity contribution in [3.05, 3.63) is 20.8 Å². The molecule has 0 spiro atoms. The van der Waals surface area contributed by atoms with Gasteiger partial charge in [0.2, 0.25) is 0 Å². The van der Waals surface area contributed by atoms with Crippen LogP contribution in [0.3, 0.4) is 0 Å². The van der Waals surface area contributed by atoms with Crippen LogP contribution in [-0.4, -0.2) is 25.2 Å². The average molecular weight is 264 g/mol. The predicted molar refractivity (Wildman–Crippen MR) is 60.5 cm³/mol. The molecule has 5 heteroatoms. The molecule has 1 rings (SSSR count). The van der Waals surface area contributed by atoms with Gasteiger partial charge in [0.1, 0.15) is 0 Å². The fourth-order valence-electron chi connectivity index (χ4n) is 1.02. The first-order chi connectivity index (χ1) is 6.22. The third-order valence-electron chi connectivity index (χ3n) is 1.73. The molecule has 74 valence electrons. The Bertz CT molecular complexity index is 251. The summed E-state index contributed by atoms with van der Waals surface area (Å²) >= 11 is 5.23. The van der Waals surface area contributed by atoms with Crippen molar-refractivity contribution >= 4 is 27.3 Å². The second-order valence-corrected chi connectivity index (χ2v) is 5.45. The van der Waals surface area contributed by atoms with E-state index in [-0.39, 0.29) is 0 Å². The summed E-state index contributed by atoms with van der Waals surface area (Å²) in [5.41, 5.74) is 2.63. The van der Waals surface area contributed by atoms with Crippen molar-refractivity contribution in [3.8, 4) is 0 Å². The van der Waals surface area contributed by atoms with Crippen LogP contribution in [0.4, 0.5) is 0 Å². The van der Waals surface area contributed by atoms with E-state index < -0.39 is 0 Å². The van der Waals surface area contributed by atoms with Gasteiger partial charge in [-0.2, -0.15) is 0 Å². The highest BCUT2D eigenvalue weighted by Crippen LogP contribution is 2.22. The first-order valence-electron chi connectivity index (χ1n) is 4.08. The van der Waals surface area contributed by atoms with Crippen LogP contribution in [0.5, 0.6) is 0 Å². The fourth-order valence-corrected chi connectivity index (χ4v) is 2.49. The zero-order valence-electron chi connectivity index (χ0n) is 7.59. The minimum atomic E-state index is 0.729. The van der Waals surface area contributed by atoms with Crippen LogP contribution in [0, 0.1) is 0 Å². The first-order valence-corrected chi connectivity index (χ1v) is 5.69. The lowest BCUT2D eigenvalue weighted by molar-refractivity contribution is 0.313. The SMILES string of the molecule is CN(CCc1ccc(Br)s1)CNN. The van der Waals surface area contributed by atoms with Crippen LogP contribution in [0.2, 0.25) is 0 Å². The minimum Gasteiger partial charge on any atom is -0.292 e. The van der Waals surface area contributed by atoms with E-state index in [1.165, 1.54) is 8.66 Å². The topological polar surface area (TPSA) is 41.3 Å². The Kier molecular flexibility index (Phi) is 4.90. The number of nitrogens with two attached hydrogens (primary N) is 1. The number of hydrogen-bond donors (Lipinski definition) is 2. The summed E-state index contributed by atoms with van der Waals surface area (Å²) < 4.78 is 1.20. The summed E-state index contributed by atoms with van der Waals surface area (Å²) in [5, 5.41) is 0. The third-order valence-corrected chi connectivity index (χ3v) is 3.41. The van der Waals surface area contributed by atoms with Crippen molar-refractivity contribution in [3.63, 3.8) is 0 Å². The smallest absolute Gasteiger partial charge is 0.0701 e. The van der Waals surface area contributed by atoms with E-state index in [9.17, 15) is 0 Å². The van der Waals surface area contributed by atoms with Crippen LogP contribution >= 0.6 is 27.3 Å². The quantitative estimate of drug-likeness (QED) is 0.480. The number of likely N-dealkylation sites (N-methyl/N-ethyl adjacent to an activating group) is 1. The molecule has 0 amide bonds. The molecule has 1 aromatic rings. The molecule has 0 aromatic carbocycles. The normalized spacial score (nSPS) is 11.1. The number of nitrogens with zero attached hydrogens (tertiary/aromatic N) is 1. The Hall–Kier alpha value is 0.0600. The Morgan fingerprint density at radius 2 is 2.38 bits per heavy atom. The van der Waals surface area contributed by atoms with E-state index in [1.54, 1.807) is 11.3 Å². The zero-order valence-corrected chi connectivity index (χ0v) is 9.99. The van der Waals surface area contributed by atoms with Gasteiger partial charge in [-0.3, -0.25) is 10.7 Å².